The molecule has 0 bridgehead atoms. The summed E-state index contributed by atoms with van der Waals surface area (Å²) in [5.41, 5.74) is 5.35. The predicted octanol–water partition coefficient (Wildman–Crippen LogP) is 1.87. The second-order valence-electron chi connectivity index (χ2n) is 4.79. The van der Waals surface area contributed by atoms with Crippen LogP contribution < -0.4 is 5.73 Å². The van der Waals surface area contributed by atoms with Crippen LogP contribution in [0.4, 0.5) is 0 Å². The van der Waals surface area contributed by atoms with Gasteiger partial charge in [0.05, 0.1) is 12.0 Å². The number of carbonyl (C=O) groups is 1. The third-order valence-electron chi connectivity index (χ3n) is 3.44. The van der Waals surface area contributed by atoms with Crippen LogP contribution in [-0.2, 0) is 14.3 Å². The molecule has 2 N–H and O–H groups in total. The van der Waals surface area contributed by atoms with Gasteiger partial charge in [-0.2, -0.15) is 0 Å². The molecule has 4 heteroatoms. The molecule has 4 nitrogen and oxygen atoms in total. The van der Waals surface area contributed by atoms with E-state index in [1.807, 2.05) is 0 Å². The van der Waals surface area contributed by atoms with Crippen LogP contribution in [0.1, 0.15) is 45.4 Å². The van der Waals surface area contributed by atoms with Gasteiger partial charge in [0, 0.05) is 13.2 Å². The molecule has 1 aliphatic rings. The van der Waals surface area contributed by atoms with Gasteiger partial charge < -0.3 is 15.2 Å². The van der Waals surface area contributed by atoms with Crippen LogP contribution in [0.15, 0.2) is 0 Å². The molecule has 1 aliphatic carbocycles. The van der Waals surface area contributed by atoms with Crippen LogP contribution in [0.25, 0.3) is 0 Å². The van der Waals surface area contributed by atoms with E-state index in [1.54, 1.807) is 0 Å². The van der Waals surface area contributed by atoms with Gasteiger partial charge in [-0.05, 0) is 19.3 Å². The van der Waals surface area contributed by atoms with E-state index < -0.39 is 5.41 Å². The molecule has 0 aliphatic heterocycles. The zero-order valence-corrected chi connectivity index (χ0v) is 10.9. The normalized spacial score (nSPS) is 18.9. The summed E-state index contributed by atoms with van der Waals surface area (Å²) < 4.78 is 10.6. The van der Waals surface area contributed by atoms with Crippen LogP contribution in [0.5, 0.6) is 0 Å². The molecule has 0 radical (unpaired) electrons. The Balaban J connectivity index is 2.28. The Morgan fingerprint density at radius 2 is 1.88 bits per heavy atom. The zero-order chi connectivity index (χ0) is 12.6. The number of carbonyl (C=O) groups excluding carboxylic acids is 1. The third-order valence-corrected chi connectivity index (χ3v) is 3.44. The van der Waals surface area contributed by atoms with Crippen molar-refractivity contribution in [1.29, 1.82) is 0 Å². The molecule has 0 heterocycles. The fourth-order valence-corrected chi connectivity index (χ4v) is 2.31. The highest BCUT2D eigenvalue weighted by atomic mass is 16.6. The second kappa shape index (κ2) is 7.67. The van der Waals surface area contributed by atoms with Crippen molar-refractivity contribution in [2.24, 2.45) is 11.1 Å². The fraction of sp³-hybridized carbons (Fsp3) is 0.923. The molecule has 0 aromatic carbocycles. The molecule has 100 valence electrons. The van der Waals surface area contributed by atoms with Crippen molar-refractivity contribution in [2.45, 2.75) is 45.4 Å². The van der Waals surface area contributed by atoms with Gasteiger partial charge in [0.25, 0.3) is 0 Å². The minimum absolute atomic E-state index is 0.125. The number of ether oxygens (including phenoxy) is 2. The van der Waals surface area contributed by atoms with E-state index in [4.69, 9.17) is 15.2 Å². The van der Waals surface area contributed by atoms with E-state index in [1.165, 1.54) is 6.42 Å². The standard InChI is InChI=1S/C13H25NO3/c1-2-8-16-9-10-17-12(15)13(11-14)6-4-3-5-7-13/h2-11,14H2,1H3. The Kier molecular flexibility index (Phi) is 6.52. The highest BCUT2D eigenvalue weighted by molar-refractivity contribution is 5.77. The van der Waals surface area contributed by atoms with Gasteiger partial charge in [0.1, 0.15) is 6.61 Å². The molecular weight excluding hydrogens is 218 g/mol. The van der Waals surface area contributed by atoms with Crippen molar-refractivity contribution in [3.8, 4) is 0 Å². The SMILES string of the molecule is CCCOCCOC(=O)C1(CN)CCCCC1. The average molecular weight is 243 g/mol. The second-order valence-corrected chi connectivity index (χ2v) is 4.79. The molecule has 17 heavy (non-hydrogen) atoms. The Hall–Kier alpha value is -0.610. The molecule has 0 aromatic rings. The van der Waals surface area contributed by atoms with Gasteiger partial charge in [0.15, 0.2) is 0 Å². The predicted molar refractivity (Wildman–Crippen MR) is 66.6 cm³/mol. The van der Waals surface area contributed by atoms with Crippen LogP contribution in [0, 0.1) is 5.41 Å². The Morgan fingerprint density at radius 1 is 1.18 bits per heavy atom. The van der Waals surface area contributed by atoms with Gasteiger partial charge in [0.2, 0.25) is 0 Å². The number of nitrogens with two attached hydrogens (primary N) is 1. The van der Waals surface area contributed by atoms with Gasteiger partial charge >= 0.3 is 5.97 Å². The summed E-state index contributed by atoms with van der Waals surface area (Å²) >= 11 is 0. The van der Waals surface area contributed by atoms with Crippen molar-refractivity contribution >= 4 is 5.97 Å². The summed E-state index contributed by atoms with van der Waals surface area (Å²) in [4.78, 5) is 12.0. The monoisotopic (exact) mass is 243 g/mol. The first-order chi connectivity index (χ1) is 8.25. The molecule has 0 unspecified atom stereocenters. The topological polar surface area (TPSA) is 61.5 Å². The zero-order valence-electron chi connectivity index (χ0n) is 10.9. The lowest BCUT2D eigenvalue weighted by Crippen LogP contribution is -2.41. The highest BCUT2D eigenvalue weighted by Gasteiger charge is 2.39. The Morgan fingerprint density at radius 3 is 2.47 bits per heavy atom. The van der Waals surface area contributed by atoms with Gasteiger partial charge in [-0.3, -0.25) is 4.79 Å². The summed E-state index contributed by atoms with van der Waals surface area (Å²) in [5, 5.41) is 0. The summed E-state index contributed by atoms with van der Waals surface area (Å²) in [6.45, 7) is 4.01. The molecule has 1 fully saturated rings. The number of hydrogen-bond donors (Lipinski definition) is 1. The number of hydrogen-bond acceptors (Lipinski definition) is 4. The maximum absolute atomic E-state index is 12.0. The summed E-state index contributed by atoms with van der Waals surface area (Å²) in [7, 11) is 0. The highest BCUT2D eigenvalue weighted by Crippen LogP contribution is 2.36. The first-order valence-corrected chi connectivity index (χ1v) is 6.70. The molecule has 0 aromatic heterocycles. The Bertz CT molecular complexity index is 225. The van der Waals surface area contributed by atoms with Crippen LogP contribution in [0.2, 0.25) is 0 Å². The average Bonchev–Trinajstić information content (AvgIpc) is 2.39. The third kappa shape index (κ3) is 4.28. The Labute approximate surface area is 104 Å². The molecule has 0 spiro atoms. The van der Waals surface area contributed by atoms with E-state index in [-0.39, 0.29) is 5.97 Å². The van der Waals surface area contributed by atoms with Crippen molar-refractivity contribution in [3.05, 3.63) is 0 Å². The van der Waals surface area contributed by atoms with Crippen molar-refractivity contribution in [3.63, 3.8) is 0 Å². The maximum Gasteiger partial charge on any atom is 0.313 e. The van der Waals surface area contributed by atoms with Gasteiger partial charge in [-0.15, -0.1) is 0 Å². The maximum atomic E-state index is 12.0. The molecule has 1 saturated carbocycles. The summed E-state index contributed by atoms with van der Waals surface area (Å²) in [6.07, 6.45) is 6.10. The summed E-state index contributed by atoms with van der Waals surface area (Å²) in [6, 6.07) is 0. The van der Waals surface area contributed by atoms with E-state index in [2.05, 4.69) is 6.92 Å². The van der Waals surface area contributed by atoms with E-state index in [9.17, 15) is 4.79 Å². The summed E-state index contributed by atoms with van der Waals surface area (Å²) in [5.74, 6) is -0.125. The molecule has 0 atom stereocenters. The van der Waals surface area contributed by atoms with Gasteiger partial charge in [-0.1, -0.05) is 26.2 Å². The largest absolute Gasteiger partial charge is 0.463 e. The fourth-order valence-electron chi connectivity index (χ4n) is 2.31. The van der Waals surface area contributed by atoms with Crippen molar-refractivity contribution in [1.82, 2.24) is 0 Å². The molecule has 0 saturated heterocycles. The van der Waals surface area contributed by atoms with Crippen molar-refractivity contribution in [2.75, 3.05) is 26.4 Å². The molecule has 1 rings (SSSR count). The lowest BCUT2D eigenvalue weighted by molar-refractivity contribution is -0.159. The lowest BCUT2D eigenvalue weighted by Gasteiger charge is -2.33. The van der Waals surface area contributed by atoms with Crippen LogP contribution in [0.3, 0.4) is 0 Å². The number of rotatable bonds is 7. The van der Waals surface area contributed by atoms with Gasteiger partial charge in [-0.25, -0.2) is 0 Å². The van der Waals surface area contributed by atoms with Crippen molar-refractivity contribution < 1.29 is 14.3 Å². The smallest absolute Gasteiger partial charge is 0.313 e. The number of esters is 1. The van der Waals surface area contributed by atoms with Crippen LogP contribution >= 0.6 is 0 Å². The van der Waals surface area contributed by atoms with Crippen LogP contribution in [-0.4, -0.2) is 32.3 Å². The minimum atomic E-state index is -0.414. The minimum Gasteiger partial charge on any atom is -0.463 e. The molecular formula is C13H25NO3. The van der Waals surface area contributed by atoms with E-state index in [0.717, 1.165) is 38.7 Å². The molecule has 0 amide bonds. The quantitative estimate of drug-likeness (QED) is 0.547. The lowest BCUT2D eigenvalue weighted by atomic mass is 9.74. The van der Waals surface area contributed by atoms with E-state index >= 15 is 0 Å². The van der Waals surface area contributed by atoms with E-state index in [0.29, 0.717) is 19.8 Å². The first-order valence-electron chi connectivity index (χ1n) is 6.70. The first kappa shape index (κ1) is 14.5.